The molecule has 31 heavy (non-hydrogen) atoms. The summed E-state index contributed by atoms with van der Waals surface area (Å²) in [6.07, 6.45) is -1.00. The van der Waals surface area contributed by atoms with Crippen molar-refractivity contribution in [3.63, 3.8) is 0 Å². The van der Waals surface area contributed by atoms with Gasteiger partial charge >= 0.3 is 0 Å². The molecule has 2 aromatic carbocycles. The third kappa shape index (κ3) is 4.73. The van der Waals surface area contributed by atoms with Crippen molar-refractivity contribution in [2.75, 3.05) is 11.9 Å². The summed E-state index contributed by atoms with van der Waals surface area (Å²) in [5, 5.41) is 5.64. The lowest BCUT2D eigenvalue weighted by atomic mass is 10.1. The van der Waals surface area contributed by atoms with Crippen LogP contribution < -0.4 is 15.6 Å². The van der Waals surface area contributed by atoms with Gasteiger partial charge in [0, 0.05) is 13.0 Å². The smallest absolute Gasteiger partial charge is 0.298 e. The lowest BCUT2D eigenvalue weighted by Crippen LogP contribution is -2.48. The first-order valence-electron chi connectivity index (χ1n) is 10.4. The van der Waals surface area contributed by atoms with Crippen molar-refractivity contribution in [1.82, 2.24) is 15.2 Å². The molecule has 4 rings (SSSR count). The number of nitrogens with zero attached hydrogens (tertiary/aromatic N) is 2. The van der Waals surface area contributed by atoms with Gasteiger partial charge in [-0.25, -0.2) is 14.1 Å². The summed E-state index contributed by atoms with van der Waals surface area (Å²) in [5.41, 5.74) is 2.08. The van der Waals surface area contributed by atoms with E-state index in [0.29, 0.717) is 37.2 Å². The maximum Gasteiger partial charge on any atom is 0.298 e. The zero-order valence-electron chi connectivity index (χ0n) is 16.9. The molecule has 2 aliphatic rings. The van der Waals surface area contributed by atoms with Gasteiger partial charge in [0.25, 0.3) is 12.3 Å². The number of carbonyl (C=O) groups excluding carboxylic acids is 2. The molecular formula is C23H24F2N4O2+. The highest BCUT2D eigenvalue weighted by atomic mass is 19.3. The largest absolute Gasteiger partial charge is 0.342 e. The van der Waals surface area contributed by atoms with Crippen LogP contribution in [0.25, 0.3) is 0 Å². The molecule has 0 spiro atoms. The predicted molar refractivity (Wildman–Crippen MR) is 114 cm³/mol. The number of alkyl halides is 2. The van der Waals surface area contributed by atoms with Crippen LogP contribution in [0.1, 0.15) is 37.3 Å². The molecule has 0 saturated carbocycles. The van der Waals surface area contributed by atoms with Gasteiger partial charge in [0.2, 0.25) is 17.5 Å². The SMILES string of the molecule is O=C(NC(c1ccccc1)C(F)F)[C@@H]1CCCN1C(=O)CCC1=[N+]c2ccccc2N1. The molecule has 2 aliphatic heterocycles. The zero-order chi connectivity index (χ0) is 21.8. The van der Waals surface area contributed by atoms with Gasteiger partial charge in [-0.1, -0.05) is 42.5 Å². The third-order valence-corrected chi connectivity index (χ3v) is 5.60. The molecule has 0 aromatic heterocycles. The standard InChI is InChI=1S/C23H24F2N4O2/c24-22(25)21(15-7-2-1-3-8-15)28-23(31)18-11-6-14-29(18)20(30)13-12-19-26-16-9-4-5-10-17(16)27-19/h1-5,7-10,18,21-22,26H,6,11-14H2,(H,28,31)/q+1/t18-,21?/m0/s1. The van der Waals surface area contributed by atoms with Crippen LogP contribution in [0, 0.1) is 0 Å². The van der Waals surface area contributed by atoms with E-state index < -0.39 is 24.4 Å². The fraction of sp³-hybridized carbons (Fsp3) is 0.348. The summed E-state index contributed by atoms with van der Waals surface area (Å²) in [5.74, 6) is -0.00764. The van der Waals surface area contributed by atoms with Crippen molar-refractivity contribution in [1.29, 1.82) is 0 Å². The molecule has 0 aliphatic carbocycles. The number of aliphatic imine (C=N–C) groups is 1. The summed E-state index contributed by atoms with van der Waals surface area (Å²) in [6.45, 7) is 0.446. The minimum Gasteiger partial charge on any atom is -0.342 e. The average molecular weight is 426 g/mol. The molecule has 6 nitrogen and oxygen atoms in total. The number of rotatable bonds is 7. The summed E-state index contributed by atoms with van der Waals surface area (Å²) in [7, 11) is 0. The van der Waals surface area contributed by atoms with Crippen molar-refractivity contribution >= 4 is 29.0 Å². The van der Waals surface area contributed by atoms with Gasteiger partial charge in [0.1, 0.15) is 12.1 Å². The Bertz CT molecular complexity index is 981. The first kappa shape index (κ1) is 21.0. The second-order valence-electron chi connectivity index (χ2n) is 7.68. The van der Waals surface area contributed by atoms with E-state index >= 15 is 0 Å². The normalized spacial score (nSPS) is 18.4. The molecule has 1 radical (unpaired) electrons. The predicted octanol–water partition coefficient (Wildman–Crippen LogP) is 3.37. The molecule has 1 fully saturated rings. The van der Waals surface area contributed by atoms with Gasteiger partial charge in [-0.05, 0) is 35.5 Å². The Morgan fingerprint density at radius 2 is 1.87 bits per heavy atom. The number of benzene rings is 2. The Morgan fingerprint density at radius 3 is 2.61 bits per heavy atom. The lowest BCUT2D eigenvalue weighted by molar-refractivity contribution is -0.139. The number of anilines is 1. The van der Waals surface area contributed by atoms with E-state index in [1.807, 2.05) is 24.3 Å². The number of likely N-dealkylation sites (tertiary alicyclic amines) is 1. The summed E-state index contributed by atoms with van der Waals surface area (Å²) >= 11 is 0. The highest BCUT2D eigenvalue weighted by Gasteiger charge is 2.37. The fourth-order valence-electron chi connectivity index (χ4n) is 4.03. The number of hydrogen-bond acceptors (Lipinski definition) is 4. The Labute approximate surface area is 179 Å². The van der Waals surface area contributed by atoms with E-state index in [2.05, 4.69) is 15.6 Å². The van der Waals surface area contributed by atoms with Crippen LogP contribution in [0.4, 0.5) is 20.2 Å². The van der Waals surface area contributed by atoms with Crippen LogP contribution in [0.3, 0.4) is 0 Å². The second kappa shape index (κ2) is 9.24. The Balaban J connectivity index is 1.36. The fourth-order valence-corrected chi connectivity index (χ4v) is 4.03. The van der Waals surface area contributed by atoms with Crippen molar-refractivity contribution in [2.45, 2.75) is 44.2 Å². The van der Waals surface area contributed by atoms with Crippen LogP contribution in [0.2, 0.25) is 0 Å². The molecule has 1 saturated heterocycles. The van der Waals surface area contributed by atoms with Crippen molar-refractivity contribution in [3.05, 3.63) is 60.2 Å². The molecule has 8 heteroatoms. The van der Waals surface area contributed by atoms with E-state index in [0.717, 1.165) is 11.4 Å². The van der Waals surface area contributed by atoms with Gasteiger partial charge in [-0.2, -0.15) is 0 Å². The monoisotopic (exact) mass is 426 g/mol. The second-order valence-corrected chi connectivity index (χ2v) is 7.68. The van der Waals surface area contributed by atoms with Gasteiger partial charge in [-0.3, -0.25) is 9.59 Å². The maximum atomic E-state index is 13.6. The quantitative estimate of drug-likeness (QED) is 0.713. The van der Waals surface area contributed by atoms with Gasteiger partial charge in [0.15, 0.2) is 5.69 Å². The van der Waals surface area contributed by atoms with Crippen molar-refractivity contribution < 1.29 is 18.4 Å². The number of para-hydroxylation sites is 2. The minimum atomic E-state index is -2.75. The molecule has 161 valence electrons. The molecule has 1 unspecified atom stereocenters. The maximum absolute atomic E-state index is 13.6. The van der Waals surface area contributed by atoms with Gasteiger partial charge < -0.3 is 10.2 Å². The van der Waals surface area contributed by atoms with Gasteiger partial charge in [0.05, 0.1) is 6.42 Å². The number of amidine groups is 1. The summed E-state index contributed by atoms with van der Waals surface area (Å²) in [6, 6.07) is 13.6. The number of hydrogen-bond donors (Lipinski definition) is 2. The average Bonchev–Trinajstić information content (AvgIpc) is 3.43. The topological polar surface area (TPSA) is 75.5 Å². The minimum absolute atomic E-state index is 0.175. The molecule has 2 heterocycles. The molecule has 2 amide bonds. The number of nitrogens with one attached hydrogen (secondary N) is 2. The first-order valence-corrected chi connectivity index (χ1v) is 10.4. The summed E-state index contributed by atoms with van der Waals surface area (Å²) < 4.78 is 27.2. The van der Waals surface area contributed by atoms with Gasteiger partial charge in [-0.15, -0.1) is 0 Å². The third-order valence-electron chi connectivity index (χ3n) is 5.60. The Morgan fingerprint density at radius 1 is 1.13 bits per heavy atom. The Hall–Kier alpha value is -3.29. The molecule has 2 atom stereocenters. The number of halogens is 2. The van der Waals surface area contributed by atoms with E-state index in [9.17, 15) is 18.4 Å². The molecular weight excluding hydrogens is 402 g/mol. The molecule has 2 aromatic rings. The van der Waals surface area contributed by atoms with Crippen LogP contribution in [-0.4, -0.2) is 41.6 Å². The van der Waals surface area contributed by atoms with E-state index in [1.165, 1.54) is 4.90 Å². The van der Waals surface area contributed by atoms with Crippen LogP contribution in [-0.2, 0) is 9.59 Å². The number of fused-ring (bicyclic) bond motifs is 1. The summed E-state index contributed by atoms with van der Waals surface area (Å²) in [4.78, 5) is 31.6. The van der Waals surface area contributed by atoms with Crippen LogP contribution in [0.5, 0.6) is 0 Å². The number of carbonyl (C=O) groups is 2. The van der Waals surface area contributed by atoms with E-state index in [1.54, 1.807) is 30.3 Å². The van der Waals surface area contributed by atoms with E-state index in [4.69, 9.17) is 0 Å². The highest BCUT2D eigenvalue weighted by molar-refractivity contribution is 6.04. The molecule has 2 N–H and O–H groups in total. The van der Waals surface area contributed by atoms with Crippen molar-refractivity contribution in [3.8, 4) is 0 Å². The van der Waals surface area contributed by atoms with Crippen molar-refractivity contribution in [2.24, 2.45) is 0 Å². The lowest BCUT2D eigenvalue weighted by Gasteiger charge is -2.26. The molecule has 0 bridgehead atoms. The first-order chi connectivity index (χ1) is 15.0. The zero-order valence-corrected chi connectivity index (χ0v) is 16.9. The highest BCUT2D eigenvalue weighted by Crippen LogP contribution is 2.26. The number of amides is 2. The Kier molecular flexibility index (Phi) is 6.25. The van der Waals surface area contributed by atoms with Crippen LogP contribution >= 0.6 is 0 Å². The van der Waals surface area contributed by atoms with Crippen LogP contribution in [0.15, 0.2) is 54.6 Å². The van der Waals surface area contributed by atoms with E-state index in [-0.39, 0.29) is 12.3 Å².